The van der Waals surface area contributed by atoms with Gasteiger partial charge in [0.25, 0.3) is 5.91 Å². The Morgan fingerprint density at radius 2 is 1.75 bits per heavy atom. The largest absolute Gasteiger partial charge is 0.467 e. The number of nitrogens with zero attached hydrogens (tertiary/aromatic N) is 1. The second-order valence-corrected chi connectivity index (χ2v) is 8.69. The van der Waals surface area contributed by atoms with E-state index in [9.17, 15) is 19.2 Å². The van der Waals surface area contributed by atoms with Gasteiger partial charge in [0.2, 0.25) is 5.91 Å². The van der Waals surface area contributed by atoms with Gasteiger partial charge in [-0.15, -0.1) is 0 Å². The maximum Gasteiger partial charge on any atom is 0.331 e. The van der Waals surface area contributed by atoms with Crippen molar-refractivity contribution in [2.24, 2.45) is 0 Å². The van der Waals surface area contributed by atoms with Crippen LogP contribution in [0, 0.1) is 0 Å². The standard InChI is InChI=1S/C24H27N3O5/c1-23(18-11-10-16-8-4-5-9-17(16)14-18)20(29)27(22(31)26-23)15-19(28)25-24(21(30)32-2)12-6-3-7-13-24/h4-5,8-11,14H,3,6-7,12-13,15H2,1-2H3,(H,25,28)(H,26,31)/t23-/m1/s1. The van der Waals surface area contributed by atoms with Crippen LogP contribution in [0.25, 0.3) is 10.8 Å². The molecule has 1 aliphatic heterocycles. The molecule has 8 heteroatoms. The van der Waals surface area contributed by atoms with Crippen molar-refractivity contribution in [3.63, 3.8) is 0 Å². The topological polar surface area (TPSA) is 105 Å². The number of hydrogen-bond donors (Lipinski definition) is 2. The first-order chi connectivity index (χ1) is 15.3. The number of ether oxygens (including phenoxy) is 1. The third-order valence-corrected chi connectivity index (χ3v) is 6.57. The van der Waals surface area contributed by atoms with Gasteiger partial charge in [-0.25, -0.2) is 9.59 Å². The molecule has 0 spiro atoms. The zero-order chi connectivity index (χ0) is 22.9. The van der Waals surface area contributed by atoms with E-state index in [0.29, 0.717) is 18.4 Å². The van der Waals surface area contributed by atoms with E-state index in [1.54, 1.807) is 13.0 Å². The number of hydrogen-bond acceptors (Lipinski definition) is 5. The fourth-order valence-electron chi connectivity index (χ4n) is 4.72. The Hall–Kier alpha value is -3.42. The molecule has 1 heterocycles. The molecule has 32 heavy (non-hydrogen) atoms. The van der Waals surface area contributed by atoms with Crippen molar-refractivity contribution in [2.45, 2.75) is 50.1 Å². The lowest BCUT2D eigenvalue weighted by Gasteiger charge is -2.35. The van der Waals surface area contributed by atoms with E-state index in [1.165, 1.54) is 7.11 Å². The van der Waals surface area contributed by atoms with Gasteiger partial charge in [0.15, 0.2) is 0 Å². The van der Waals surface area contributed by atoms with Crippen molar-refractivity contribution in [3.05, 3.63) is 48.0 Å². The van der Waals surface area contributed by atoms with Gasteiger partial charge in [0, 0.05) is 0 Å². The average Bonchev–Trinajstić information content (AvgIpc) is 3.02. The summed E-state index contributed by atoms with van der Waals surface area (Å²) in [6, 6.07) is 12.7. The molecule has 1 saturated carbocycles. The molecule has 2 aliphatic rings. The highest BCUT2D eigenvalue weighted by atomic mass is 16.5. The van der Waals surface area contributed by atoms with Crippen LogP contribution >= 0.6 is 0 Å². The average molecular weight is 437 g/mol. The fourth-order valence-corrected chi connectivity index (χ4v) is 4.72. The number of carbonyl (C=O) groups excluding carboxylic acids is 4. The molecule has 0 radical (unpaired) electrons. The van der Waals surface area contributed by atoms with Crippen LogP contribution in [0.4, 0.5) is 4.79 Å². The van der Waals surface area contributed by atoms with Crippen LogP contribution in [0.1, 0.15) is 44.6 Å². The summed E-state index contributed by atoms with van der Waals surface area (Å²) in [4.78, 5) is 52.0. The number of imide groups is 1. The van der Waals surface area contributed by atoms with Crippen LogP contribution in [-0.2, 0) is 24.7 Å². The predicted molar refractivity (Wildman–Crippen MR) is 118 cm³/mol. The van der Waals surface area contributed by atoms with Gasteiger partial charge in [-0.05, 0) is 42.2 Å². The number of rotatable bonds is 5. The molecule has 1 saturated heterocycles. The van der Waals surface area contributed by atoms with Crippen molar-refractivity contribution in [2.75, 3.05) is 13.7 Å². The number of carbonyl (C=O) groups is 4. The summed E-state index contributed by atoms with van der Waals surface area (Å²) in [7, 11) is 1.29. The second-order valence-electron chi connectivity index (χ2n) is 8.69. The highest BCUT2D eigenvalue weighted by Crippen LogP contribution is 2.32. The van der Waals surface area contributed by atoms with Gasteiger partial charge in [-0.1, -0.05) is 55.7 Å². The third kappa shape index (κ3) is 3.70. The van der Waals surface area contributed by atoms with E-state index in [2.05, 4.69) is 10.6 Å². The minimum Gasteiger partial charge on any atom is -0.467 e. The van der Waals surface area contributed by atoms with Crippen LogP contribution in [0.5, 0.6) is 0 Å². The molecule has 8 nitrogen and oxygen atoms in total. The van der Waals surface area contributed by atoms with Crippen molar-refractivity contribution in [3.8, 4) is 0 Å². The number of methoxy groups -OCH3 is 1. The minimum absolute atomic E-state index is 0.466. The van der Waals surface area contributed by atoms with Crippen LogP contribution < -0.4 is 10.6 Å². The van der Waals surface area contributed by atoms with Gasteiger partial charge in [0.05, 0.1) is 7.11 Å². The summed E-state index contributed by atoms with van der Waals surface area (Å²) < 4.78 is 4.92. The van der Waals surface area contributed by atoms with Crippen molar-refractivity contribution in [1.82, 2.24) is 15.5 Å². The van der Waals surface area contributed by atoms with Gasteiger partial charge in [-0.2, -0.15) is 0 Å². The van der Waals surface area contributed by atoms with Gasteiger partial charge >= 0.3 is 12.0 Å². The van der Waals surface area contributed by atoms with Gasteiger partial charge in [-0.3, -0.25) is 14.5 Å². The minimum atomic E-state index is -1.29. The summed E-state index contributed by atoms with van der Waals surface area (Å²) in [6.45, 7) is 1.17. The monoisotopic (exact) mass is 437 g/mol. The molecular formula is C24H27N3O5. The number of urea groups is 1. The molecule has 2 aromatic rings. The lowest BCUT2D eigenvalue weighted by Crippen LogP contribution is -2.58. The maximum atomic E-state index is 13.2. The Kier molecular flexibility index (Phi) is 5.62. The number of fused-ring (bicyclic) bond motifs is 1. The van der Waals surface area contributed by atoms with Crippen LogP contribution in [0.3, 0.4) is 0 Å². The summed E-state index contributed by atoms with van der Waals surface area (Å²) >= 11 is 0. The Morgan fingerprint density at radius 3 is 2.44 bits per heavy atom. The Bertz CT molecular complexity index is 1090. The molecule has 2 N–H and O–H groups in total. The molecule has 2 aromatic carbocycles. The lowest BCUT2D eigenvalue weighted by atomic mass is 9.81. The predicted octanol–water partition coefficient (Wildman–Crippen LogP) is 2.60. The van der Waals surface area contributed by atoms with Crippen LogP contribution in [-0.4, -0.2) is 47.9 Å². The summed E-state index contributed by atoms with van der Waals surface area (Å²) in [5.41, 5.74) is -1.76. The zero-order valence-corrected chi connectivity index (χ0v) is 18.3. The van der Waals surface area contributed by atoms with E-state index < -0.39 is 41.4 Å². The number of nitrogens with one attached hydrogen (secondary N) is 2. The van der Waals surface area contributed by atoms with E-state index in [-0.39, 0.29) is 0 Å². The molecular weight excluding hydrogens is 410 g/mol. The molecule has 0 bridgehead atoms. The first kappa shape index (κ1) is 21.8. The lowest BCUT2D eigenvalue weighted by molar-refractivity contribution is -0.152. The SMILES string of the molecule is COC(=O)C1(NC(=O)CN2C(=O)N[C@](C)(c3ccc4ccccc4c3)C2=O)CCCCC1. The molecule has 0 aromatic heterocycles. The molecule has 1 atom stereocenters. The van der Waals surface area contributed by atoms with Crippen molar-refractivity contribution >= 4 is 34.6 Å². The summed E-state index contributed by atoms with van der Waals surface area (Å²) in [5, 5.41) is 7.45. The van der Waals surface area contributed by atoms with E-state index in [0.717, 1.165) is 34.9 Å². The van der Waals surface area contributed by atoms with Crippen LogP contribution in [0.15, 0.2) is 42.5 Å². The molecule has 4 amide bonds. The van der Waals surface area contributed by atoms with Gasteiger partial charge in [0.1, 0.15) is 17.6 Å². The molecule has 4 rings (SSSR count). The normalized spacial score (nSPS) is 22.5. The van der Waals surface area contributed by atoms with Crippen molar-refractivity contribution < 1.29 is 23.9 Å². The highest BCUT2D eigenvalue weighted by Gasteiger charge is 2.50. The fraction of sp³-hybridized carbons (Fsp3) is 0.417. The van der Waals surface area contributed by atoms with E-state index in [1.807, 2.05) is 36.4 Å². The van der Waals surface area contributed by atoms with E-state index >= 15 is 0 Å². The Morgan fingerprint density at radius 1 is 1.06 bits per heavy atom. The van der Waals surface area contributed by atoms with Gasteiger partial charge < -0.3 is 15.4 Å². The third-order valence-electron chi connectivity index (χ3n) is 6.57. The zero-order valence-electron chi connectivity index (χ0n) is 18.3. The van der Waals surface area contributed by atoms with E-state index in [4.69, 9.17) is 4.74 Å². The summed E-state index contributed by atoms with van der Waals surface area (Å²) in [6.07, 6.45) is 3.50. The number of esters is 1. The highest BCUT2D eigenvalue weighted by molar-refractivity contribution is 6.09. The molecule has 1 aliphatic carbocycles. The first-order valence-corrected chi connectivity index (χ1v) is 10.8. The second kappa shape index (κ2) is 8.26. The quantitative estimate of drug-likeness (QED) is 0.553. The number of benzene rings is 2. The Labute approximate surface area is 186 Å². The number of amides is 4. The molecule has 2 fully saturated rings. The maximum absolute atomic E-state index is 13.2. The Balaban J connectivity index is 1.53. The molecule has 0 unspecified atom stereocenters. The summed E-state index contributed by atoms with van der Waals surface area (Å²) in [5.74, 6) is -1.57. The van der Waals surface area contributed by atoms with Crippen molar-refractivity contribution in [1.29, 1.82) is 0 Å². The van der Waals surface area contributed by atoms with Crippen LogP contribution in [0.2, 0.25) is 0 Å². The molecule has 168 valence electrons. The smallest absolute Gasteiger partial charge is 0.331 e. The first-order valence-electron chi connectivity index (χ1n) is 10.8.